The molecule has 0 heterocycles. The van der Waals surface area contributed by atoms with Crippen molar-refractivity contribution in [2.45, 2.75) is 32.7 Å². The monoisotopic (exact) mass is 343 g/mol. The van der Waals surface area contributed by atoms with Crippen molar-refractivity contribution in [3.8, 4) is 0 Å². The molecular formula is C13H18BrN3O3. The lowest BCUT2D eigenvalue weighted by molar-refractivity contribution is -0.384. The number of amides is 1. The molecule has 0 aromatic heterocycles. The van der Waals surface area contributed by atoms with Crippen LogP contribution in [0, 0.1) is 10.1 Å². The maximum absolute atomic E-state index is 11.6. The molecule has 1 aromatic carbocycles. The molecule has 110 valence electrons. The number of nitro benzene ring substituents is 1. The number of anilines is 1. The third-order valence-corrected chi connectivity index (χ3v) is 2.83. The Bertz CT molecular complexity index is 512. The third kappa shape index (κ3) is 5.56. The van der Waals surface area contributed by atoms with Gasteiger partial charge in [-0.2, -0.15) is 0 Å². The molecule has 0 spiro atoms. The zero-order chi connectivity index (χ0) is 15.3. The van der Waals surface area contributed by atoms with Gasteiger partial charge in [-0.05, 0) is 32.9 Å². The van der Waals surface area contributed by atoms with Crippen molar-refractivity contribution in [3.63, 3.8) is 0 Å². The second-order valence-corrected chi connectivity index (χ2v) is 6.31. The summed E-state index contributed by atoms with van der Waals surface area (Å²) in [6.07, 6.45) is 0.254. The molecule has 0 radical (unpaired) electrons. The fourth-order valence-electron chi connectivity index (χ4n) is 1.60. The molecule has 6 nitrogen and oxygen atoms in total. The van der Waals surface area contributed by atoms with Crippen molar-refractivity contribution < 1.29 is 9.72 Å². The number of hydrogen-bond donors (Lipinski definition) is 2. The molecule has 7 heteroatoms. The van der Waals surface area contributed by atoms with E-state index in [4.69, 9.17) is 0 Å². The molecule has 2 N–H and O–H groups in total. The minimum Gasteiger partial charge on any atom is -0.379 e. The first-order valence-electron chi connectivity index (χ1n) is 6.18. The highest BCUT2D eigenvalue weighted by Crippen LogP contribution is 2.27. The van der Waals surface area contributed by atoms with Crippen LogP contribution < -0.4 is 10.6 Å². The molecule has 1 amide bonds. The van der Waals surface area contributed by atoms with Gasteiger partial charge >= 0.3 is 0 Å². The summed E-state index contributed by atoms with van der Waals surface area (Å²) >= 11 is 3.19. The van der Waals surface area contributed by atoms with E-state index in [2.05, 4.69) is 26.6 Å². The maximum Gasteiger partial charge on any atom is 0.293 e. The molecule has 0 saturated carbocycles. The van der Waals surface area contributed by atoms with Gasteiger partial charge < -0.3 is 10.6 Å². The molecular weight excluding hydrogens is 326 g/mol. The number of halogens is 1. The van der Waals surface area contributed by atoms with Crippen LogP contribution in [0.15, 0.2) is 22.7 Å². The van der Waals surface area contributed by atoms with Gasteiger partial charge in [0.15, 0.2) is 0 Å². The number of nitrogens with one attached hydrogen (secondary N) is 2. The highest BCUT2D eigenvalue weighted by Gasteiger charge is 2.15. The quantitative estimate of drug-likeness (QED) is 0.635. The van der Waals surface area contributed by atoms with Crippen molar-refractivity contribution >= 4 is 33.2 Å². The molecule has 0 aliphatic heterocycles. The van der Waals surface area contributed by atoms with Crippen LogP contribution in [0.1, 0.15) is 27.2 Å². The molecule has 0 atom stereocenters. The first-order valence-corrected chi connectivity index (χ1v) is 6.97. The van der Waals surface area contributed by atoms with Gasteiger partial charge in [-0.1, -0.05) is 15.9 Å². The topological polar surface area (TPSA) is 84.3 Å². The summed E-state index contributed by atoms with van der Waals surface area (Å²) in [6.45, 7) is 6.04. The van der Waals surface area contributed by atoms with Gasteiger partial charge in [0, 0.05) is 29.0 Å². The van der Waals surface area contributed by atoms with E-state index in [1.165, 1.54) is 6.07 Å². The van der Waals surface area contributed by atoms with Crippen LogP contribution in [0.3, 0.4) is 0 Å². The minimum absolute atomic E-state index is 0.0180. The highest BCUT2D eigenvalue weighted by atomic mass is 79.9. The number of nitro groups is 1. The Morgan fingerprint density at radius 2 is 2.05 bits per heavy atom. The van der Waals surface area contributed by atoms with E-state index in [-0.39, 0.29) is 23.6 Å². The van der Waals surface area contributed by atoms with Gasteiger partial charge in [-0.3, -0.25) is 14.9 Å². The van der Waals surface area contributed by atoms with E-state index in [0.717, 1.165) is 0 Å². The van der Waals surface area contributed by atoms with Crippen molar-refractivity contribution in [2.75, 3.05) is 11.9 Å². The largest absolute Gasteiger partial charge is 0.379 e. The van der Waals surface area contributed by atoms with E-state index in [9.17, 15) is 14.9 Å². The Morgan fingerprint density at radius 1 is 1.40 bits per heavy atom. The third-order valence-electron chi connectivity index (χ3n) is 2.34. The van der Waals surface area contributed by atoms with E-state index in [0.29, 0.717) is 16.7 Å². The van der Waals surface area contributed by atoms with E-state index >= 15 is 0 Å². The fraction of sp³-hybridized carbons (Fsp3) is 0.462. The summed E-state index contributed by atoms with van der Waals surface area (Å²) in [5, 5.41) is 16.7. The van der Waals surface area contributed by atoms with E-state index in [1.54, 1.807) is 12.1 Å². The van der Waals surface area contributed by atoms with Crippen LogP contribution in [0.5, 0.6) is 0 Å². The zero-order valence-electron chi connectivity index (χ0n) is 11.7. The SMILES string of the molecule is CC(C)(C)NC(=O)CCNc1ccc(Br)cc1[N+](=O)[O-]. The highest BCUT2D eigenvalue weighted by molar-refractivity contribution is 9.10. The van der Waals surface area contributed by atoms with Crippen LogP contribution in [0.4, 0.5) is 11.4 Å². The summed E-state index contributed by atoms with van der Waals surface area (Å²) in [5.74, 6) is -0.0928. The van der Waals surface area contributed by atoms with Crippen LogP contribution in [0.25, 0.3) is 0 Å². The number of hydrogen-bond acceptors (Lipinski definition) is 4. The zero-order valence-corrected chi connectivity index (χ0v) is 13.3. The van der Waals surface area contributed by atoms with Crippen LogP contribution >= 0.6 is 15.9 Å². The predicted octanol–water partition coefficient (Wildman–Crippen LogP) is 3.07. The predicted molar refractivity (Wildman–Crippen MR) is 81.8 cm³/mol. The molecule has 0 bridgehead atoms. The Hall–Kier alpha value is -1.63. The molecule has 0 unspecified atom stereocenters. The standard InChI is InChI=1S/C13H18BrN3O3/c1-13(2,3)16-12(18)6-7-15-10-5-4-9(14)8-11(10)17(19)20/h4-5,8,15H,6-7H2,1-3H3,(H,16,18). The first kappa shape index (κ1) is 16.4. The average Bonchev–Trinajstić information content (AvgIpc) is 2.28. The number of carbonyl (C=O) groups is 1. The summed E-state index contributed by atoms with van der Waals surface area (Å²) in [5.41, 5.74) is 0.109. The van der Waals surface area contributed by atoms with E-state index < -0.39 is 4.92 Å². The molecule has 0 aliphatic carbocycles. The average molecular weight is 344 g/mol. The summed E-state index contributed by atoms with van der Waals surface area (Å²) in [6, 6.07) is 4.76. The number of nitrogens with zero attached hydrogens (tertiary/aromatic N) is 1. The van der Waals surface area contributed by atoms with Crippen LogP contribution in [-0.4, -0.2) is 22.9 Å². The molecule has 20 heavy (non-hydrogen) atoms. The Kier molecular flexibility index (Phi) is 5.50. The maximum atomic E-state index is 11.6. The second kappa shape index (κ2) is 6.69. The normalized spacial score (nSPS) is 11.0. The molecule has 0 fully saturated rings. The minimum atomic E-state index is -0.456. The van der Waals surface area contributed by atoms with Gasteiger partial charge in [-0.25, -0.2) is 0 Å². The molecule has 1 aromatic rings. The second-order valence-electron chi connectivity index (χ2n) is 5.39. The molecule has 0 aliphatic rings. The number of benzene rings is 1. The van der Waals surface area contributed by atoms with Crippen molar-refractivity contribution in [1.82, 2.24) is 5.32 Å². The van der Waals surface area contributed by atoms with E-state index in [1.807, 2.05) is 20.8 Å². The van der Waals surface area contributed by atoms with Gasteiger partial charge in [0.25, 0.3) is 5.69 Å². The van der Waals surface area contributed by atoms with Gasteiger partial charge in [0.1, 0.15) is 5.69 Å². The van der Waals surface area contributed by atoms with Crippen molar-refractivity contribution in [2.24, 2.45) is 0 Å². The Labute approximate surface area is 126 Å². The lowest BCUT2D eigenvalue weighted by Gasteiger charge is -2.20. The summed E-state index contributed by atoms with van der Waals surface area (Å²) < 4.78 is 0.639. The summed E-state index contributed by atoms with van der Waals surface area (Å²) in [4.78, 5) is 22.1. The Morgan fingerprint density at radius 3 is 2.60 bits per heavy atom. The lowest BCUT2D eigenvalue weighted by Crippen LogP contribution is -2.41. The number of carbonyl (C=O) groups excluding carboxylic acids is 1. The number of rotatable bonds is 5. The fourth-order valence-corrected chi connectivity index (χ4v) is 1.95. The Balaban J connectivity index is 2.58. The summed E-state index contributed by atoms with van der Waals surface area (Å²) in [7, 11) is 0. The van der Waals surface area contributed by atoms with Crippen molar-refractivity contribution in [1.29, 1.82) is 0 Å². The van der Waals surface area contributed by atoms with Crippen LogP contribution in [0.2, 0.25) is 0 Å². The molecule has 0 saturated heterocycles. The molecule has 1 rings (SSSR count). The smallest absolute Gasteiger partial charge is 0.293 e. The van der Waals surface area contributed by atoms with Gasteiger partial charge in [0.05, 0.1) is 4.92 Å². The van der Waals surface area contributed by atoms with Crippen LogP contribution in [-0.2, 0) is 4.79 Å². The van der Waals surface area contributed by atoms with Gasteiger partial charge in [-0.15, -0.1) is 0 Å². The van der Waals surface area contributed by atoms with Crippen molar-refractivity contribution in [3.05, 3.63) is 32.8 Å². The first-order chi connectivity index (χ1) is 9.19. The van der Waals surface area contributed by atoms with Gasteiger partial charge in [0.2, 0.25) is 5.91 Å². The lowest BCUT2D eigenvalue weighted by atomic mass is 10.1.